The number of hydrogen-bond donors (Lipinski definition) is 1. The molecule has 0 amide bonds. The van der Waals surface area contributed by atoms with E-state index in [2.05, 4.69) is 16.4 Å². The third kappa shape index (κ3) is 3.23. The summed E-state index contributed by atoms with van der Waals surface area (Å²) in [5.74, 6) is 0.710. The lowest BCUT2D eigenvalue weighted by atomic mass is 10.1. The summed E-state index contributed by atoms with van der Waals surface area (Å²) in [4.78, 5) is 4.18. The number of rotatable bonds is 4. The van der Waals surface area contributed by atoms with Crippen LogP contribution in [0.3, 0.4) is 0 Å². The van der Waals surface area contributed by atoms with Crippen LogP contribution in [0.1, 0.15) is 16.8 Å². The molecule has 1 aromatic carbocycles. The minimum atomic E-state index is 0.634. The van der Waals surface area contributed by atoms with E-state index in [9.17, 15) is 0 Å². The highest BCUT2D eigenvalue weighted by atomic mass is 16.5. The number of ether oxygens (including phenoxy) is 1. The van der Waals surface area contributed by atoms with Crippen LogP contribution in [0, 0.1) is 18.3 Å². The molecule has 0 radical (unpaired) electrons. The van der Waals surface area contributed by atoms with Crippen LogP contribution in [0.5, 0.6) is 5.75 Å². The molecule has 1 aromatic heterocycles. The highest BCUT2D eigenvalue weighted by molar-refractivity contribution is 5.56. The number of benzene rings is 1. The van der Waals surface area contributed by atoms with Crippen molar-refractivity contribution < 1.29 is 4.74 Å². The van der Waals surface area contributed by atoms with Gasteiger partial charge >= 0.3 is 0 Å². The molecule has 2 rings (SSSR count). The Bertz CT molecular complexity index is 617. The van der Waals surface area contributed by atoms with E-state index in [0.717, 1.165) is 16.9 Å². The lowest BCUT2D eigenvalue weighted by Gasteiger charge is -2.11. The Balaban J connectivity index is 2.14. The first-order valence-corrected chi connectivity index (χ1v) is 5.96. The molecule has 4 nitrogen and oxygen atoms in total. The zero-order valence-corrected chi connectivity index (χ0v) is 11.0. The van der Waals surface area contributed by atoms with E-state index in [1.165, 1.54) is 0 Å². The van der Waals surface area contributed by atoms with Gasteiger partial charge in [-0.15, -0.1) is 0 Å². The largest absolute Gasteiger partial charge is 0.493 e. The van der Waals surface area contributed by atoms with Gasteiger partial charge in [-0.05, 0) is 30.7 Å². The molecule has 96 valence electrons. The molecule has 0 unspecified atom stereocenters. The van der Waals surface area contributed by atoms with Crippen molar-refractivity contribution in [2.24, 2.45) is 0 Å². The van der Waals surface area contributed by atoms with Gasteiger partial charge in [0, 0.05) is 12.2 Å². The molecule has 4 heteroatoms. The first-order valence-electron chi connectivity index (χ1n) is 5.96. The van der Waals surface area contributed by atoms with Gasteiger partial charge in [0.15, 0.2) is 5.75 Å². The second-order valence-corrected chi connectivity index (χ2v) is 4.19. The minimum absolute atomic E-state index is 0.634. The Morgan fingerprint density at radius 2 is 2.21 bits per heavy atom. The predicted octanol–water partition coefficient (Wildman–Crippen LogP) is 2.88. The molecule has 0 aliphatic carbocycles. The second kappa shape index (κ2) is 5.87. The number of anilines is 1. The number of nitrogens with zero attached hydrogens (tertiary/aromatic N) is 2. The molecule has 0 bridgehead atoms. The average molecular weight is 253 g/mol. The first-order chi connectivity index (χ1) is 9.22. The van der Waals surface area contributed by atoms with Crippen LogP contribution in [-0.2, 0) is 6.54 Å². The van der Waals surface area contributed by atoms with Crippen LogP contribution in [0.2, 0.25) is 0 Å². The van der Waals surface area contributed by atoms with Gasteiger partial charge < -0.3 is 10.1 Å². The Morgan fingerprint density at radius 1 is 1.37 bits per heavy atom. The summed E-state index contributed by atoms with van der Waals surface area (Å²) < 4.78 is 5.26. The molecule has 1 N–H and O–H groups in total. The van der Waals surface area contributed by atoms with Crippen LogP contribution in [-0.4, -0.2) is 12.1 Å². The van der Waals surface area contributed by atoms with Crippen LogP contribution in [0.25, 0.3) is 0 Å². The summed E-state index contributed by atoms with van der Waals surface area (Å²) in [5, 5.41) is 12.2. The Hall–Kier alpha value is -2.54. The topological polar surface area (TPSA) is 57.9 Å². The van der Waals surface area contributed by atoms with Crippen molar-refractivity contribution in [3.63, 3.8) is 0 Å². The van der Waals surface area contributed by atoms with Crippen molar-refractivity contribution in [2.45, 2.75) is 13.5 Å². The molecular formula is C15H15N3O. The van der Waals surface area contributed by atoms with Gasteiger partial charge in [0.25, 0.3) is 0 Å². The fraction of sp³-hybridized carbons (Fsp3) is 0.200. The Morgan fingerprint density at radius 3 is 2.95 bits per heavy atom. The van der Waals surface area contributed by atoms with Gasteiger partial charge in [0.2, 0.25) is 0 Å². The molecule has 0 aliphatic rings. The van der Waals surface area contributed by atoms with E-state index in [1.807, 2.05) is 31.2 Å². The highest BCUT2D eigenvalue weighted by Crippen LogP contribution is 2.24. The van der Waals surface area contributed by atoms with Crippen molar-refractivity contribution in [1.82, 2.24) is 4.98 Å². The third-order valence-corrected chi connectivity index (χ3v) is 2.76. The lowest BCUT2D eigenvalue weighted by Crippen LogP contribution is -2.02. The molecule has 0 saturated carbocycles. The van der Waals surface area contributed by atoms with Gasteiger partial charge in [-0.1, -0.05) is 12.1 Å². The molecule has 0 atom stereocenters. The molecule has 1 heterocycles. The SMILES string of the molecule is COc1cnc(C)cc1NCc1cccc(C#N)c1. The molecule has 0 saturated heterocycles. The second-order valence-electron chi connectivity index (χ2n) is 4.19. The standard InChI is InChI=1S/C15H15N3O/c1-11-6-14(15(19-2)10-17-11)18-9-13-5-3-4-12(7-13)8-16/h3-7,10H,9H2,1-2H3,(H,17,18). The maximum Gasteiger partial charge on any atom is 0.160 e. The number of methoxy groups -OCH3 is 1. The number of nitriles is 1. The summed E-state index contributed by atoms with van der Waals surface area (Å²) in [7, 11) is 1.62. The van der Waals surface area contributed by atoms with Gasteiger partial charge in [-0.25, -0.2) is 0 Å². The van der Waals surface area contributed by atoms with Crippen molar-refractivity contribution in [3.05, 3.63) is 53.3 Å². The van der Waals surface area contributed by atoms with E-state index < -0.39 is 0 Å². The van der Waals surface area contributed by atoms with E-state index in [0.29, 0.717) is 17.9 Å². The molecule has 0 fully saturated rings. The van der Waals surface area contributed by atoms with E-state index in [-0.39, 0.29) is 0 Å². The Labute approximate surface area is 112 Å². The van der Waals surface area contributed by atoms with Crippen LogP contribution >= 0.6 is 0 Å². The average Bonchev–Trinajstić information content (AvgIpc) is 2.45. The van der Waals surface area contributed by atoms with Crippen molar-refractivity contribution in [3.8, 4) is 11.8 Å². The van der Waals surface area contributed by atoms with Gasteiger partial charge in [-0.2, -0.15) is 5.26 Å². The van der Waals surface area contributed by atoms with E-state index >= 15 is 0 Å². The predicted molar refractivity (Wildman–Crippen MR) is 74.0 cm³/mol. The van der Waals surface area contributed by atoms with Crippen molar-refractivity contribution >= 4 is 5.69 Å². The smallest absolute Gasteiger partial charge is 0.160 e. The number of aromatic nitrogens is 1. The van der Waals surface area contributed by atoms with Crippen LogP contribution < -0.4 is 10.1 Å². The summed E-state index contributed by atoms with van der Waals surface area (Å²) in [6, 6.07) is 11.6. The van der Waals surface area contributed by atoms with Crippen molar-refractivity contribution in [2.75, 3.05) is 12.4 Å². The zero-order chi connectivity index (χ0) is 13.7. The lowest BCUT2D eigenvalue weighted by molar-refractivity contribution is 0.414. The molecule has 0 aliphatic heterocycles. The number of pyridine rings is 1. The fourth-order valence-corrected chi connectivity index (χ4v) is 1.80. The number of hydrogen-bond acceptors (Lipinski definition) is 4. The van der Waals surface area contributed by atoms with Gasteiger partial charge in [-0.3, -0.25) is 4.98 Å². The van der Waals surface area contributed by atoms with E-state index in [1.54, 1.807) is 19.4 Å². The number of nitrogens with one attached hydrogen (secondary N) is 1. The normalized spacial score (nSPS) is 9.74. The van der Waals surface area contributed by atoms with Crippen LogP contribution in [0.4, 0.5) is 5.69 Å². The monoisotopic (exact) mass is 253 g/mol. The molecule has 19 heavy (non-hydrogen) atoms. The molecule has 2 aromatic rings. The third-order valence-electron chi connectivity index (χ3n) is 2.76. The van der Waals surface area contributed by atoms with Crippen LogP contribution in [0.15, 0.2) is 36.5 Å². The van der Waals surface area contributed by atoms with Crippen molar-refractivity contribution in [1.29, 1.82) is 5.26 Å². The maximum absolute atomic E-state index is 8.87. The summed E-state index contributed by atoms with van der Waals surface area (Å²) in [5.41, 5.74) is 3.54. The summed E-state index contributed by atoms with van der Waals surface area (Å²) in [6.07, 6.45) is 1.70. The van der Waals surface area contributed by atoms with E-state index in [4.69, 9.17) is 10.00 Å². The fourth-order valence-electron chi connectivity index (χ4n) is 1.80. The first kappa shape index (κ1) is 12.9. The summed E-state index contributed by atoms with van der Waals surface area (Å²) in [6.45, 7) is 2.57. The quantitative estimate of drug-likeness (QED) is 0.910. The molecular weight excluding hydrogens is 238 g/mol. The highest BCUT2D eigenvalue weighted by Gasteiger charge is 2.04. The number of aryl methyl sites for hydroxylation is 1. The maximum atomic E-state index is 8.87. The minimum Gasteiger partial charge on any atom is -0.493 e. The summed E-state index contributed by atoms with van der Waals surface area (Å²) >= 11 is 0. The van der Waals surface area contributed by atoms with Gasteiger partial charge in [0.1, 0.15) is 0 Å². The zero-order valence-electron chi connectivity index (χ0n) is 11.0. The van der Waals surface area contributed by atoms with Gasteiger partial charge in [0.05, 0.1) is 30.6 Å². The molecule has 0 spiro atoms. The Kier molecular flexibility index (Phi) is 3.99.